The highest BCUT2D eigenvalue weighted by molar-refractivity contribution is 6.76. The zero-order valence-electron chi connectivity index (χ0n) is 16.9. The third-order valence-electron chi connectivity index (χ3n) is 4.01. The van der Waals surface area contributed by atoms with Crippen molar-refractivity contribution in [3.63, 3.8) is 0 Å². The van der Waals surface area contributed by atoms with E-state index in [9.17, 15) is 18.0 Å². The molecule has 1 aromatic carbocycles. The summed E-state index contributed by atoms with van der Waals surface area (Å²) in [5, 5.41) is 3.85. The van der Waals surface area contributed by atoms with Gasteiger partial charge in [0.1, 0.15) is 13.3 Å². The van der Waals surface area contributed by atoms with Gasteiger partial charge >= 0.3 is 12.1 Å². The summed E-state index contributed by atoms with van der Waals surface area (Å²) in [6.45, 7) is 6.38. The Bertz CT molecular complexity index is 817. The van der Waals surface area contributed by atoms with Gasteiger partial charge in [-0.25, -0.2) is 9.48 Å². The normalized spacial score (nSPS) is 12.1. The fourth-order valence-corrected chi connectivity index (χ4v) is 3.21. The lowest BCUT2D eigenvalue weighted by Crippen LogP contribution is -2.23. The largest absolute Gasteiger partial charge is 0.471 e. The first-order valence-electron chi connectivity index (χ1n) is 9.03. The number of esters is 1. The molecule has 0 aliphatic carbocycles. The number of rotatable bonds is 9. The second kappa shape index (κ2) is 9.44. The van der Waals surface area contributed by atoms with Crippen molar-refractivity contribution in [2.45, 2.75) is 45.2 Å². The molecule has 0 radical (unpaired) electrons. The standard InChI is InChI=1S/C19H25F3N2O4Si/c1-26-18(25)16-15(19(20,21)22)17(28-12-14-8-6-5-7-9-14)23-24(16)13-27-10-11-29(2,3)4/h5-9H,10-13H2,1-4H3. The van der Waals surface area contributed by atoms with E-state index in [1.165, 1.54) is 0 Å². The fourth-order valence-electron chi connectivity index (χ4n) is 2.45. The Kier molecular flexibility index (Phi) is 7.47. The molecule has 0 atom stereocenters. The number of carbonyl (C=O) groups is 1. The van der Waals surface area contributed by atoms with Crippen molar-refractivity contribution < 1.29 is 32.2 Å². The molecule has 0 fully saturated rings. The van der Waals surface area contributed by atoms with Crippen molar-refractivity contribution in [1.82, 2.24) is 9.78 Å². The van der Waals surface area contributed by atoms with Gasteiger partial charge in [0.25, 0.3) is 0 Å². The Morgan fingerprint density at radius 1 is 1.17 bits per heavy atom. The Morgan fingerprint density at radius 3 is 2.38 bits per heavy atom. The molecule has 10 heteroatoms. The molecule has 1 aromatic heterocycles. The van der Waals surface area contributed by atoms with E-state index in [4.69, 9.17) is 9.47 Å². The number of benzene rings is 1. The van der Waals surface area contributed by atoms with Gasteiger partial charge in [-0.15, -0.1) is 5.10 Å². The first-order chi connectivity index (χ1) is 13.5. The second-order valence-corrected chi connectivity index (χ2v) is 13.3. The minimum Gasteiger partial charge on any atom is -0.471 e. The van der Waals surface area contributed by atoms with Crippen LogP contribution >= 0.6 is 0 Å². The summed E-state index contributed by atoms with van der Waals surface area (Å²) >= 11 is 0. The predicted octanol–water partition coefficient (Wildman–Crippen LogP) is 4.58. The molecule has 2 rings (SSSR count). The van der Waals surface area contributed by atoms with Crippen LogP contribution in [0.15, 0.2) is 30.3 Å². The van der Waals surface area contributed by atoms with Gasteiger partial charge in [0.05, 0.1) is 7.11 Å². The zero-order chi connectivity index (χ0) is 21.7. The molecule has 0 bridgehead atoms. The van der Waals surface area contributed by atoms with Crippen LogP contribution < -0.4 is 4.74 Å². The molecule has 0 spiro atoms. The predicted molar refractivity (Wildman–Crippen MR) is 103 cm³/mol. The number of hydrogen-bond donors (Lipinski definition) is 0. The van der Waals surface area contributed by atoms with Gasteiger partial charge in [-0.1, -0.05) is 50.0 Å². The Morgan fingerprint density at radius 2 is 1.83 bits per heavy atom. The third-order valence-corrected chi connectivity index (χ3v) is 5.72. The van der Waals surface area contributed by atoms with Crippen LogP contribution in [0, 0.1) is 0 Å². The molecule has 1 heterocycles. The van der Waals surface area contributed by atoms with Crippen molar-refractivity contribution in [2.75, 3.05) is 13.7 Å². The number of carbonyl (C=O) groups excluding carboxylic acids is 1. The van der Waals surface area contributed by atoms with Crippen LogP contribution in [0.4, 0.5) is 13.2 Å². The molecule has 29 heavy (non-hydrogen) atoms. The van der Waals surface area contributed by atoms with E-state index in [1.807, 2.05) is 0 Å². The van der Waals surface area contributed by atoms with E-state index in [2.05, 4.69) is 29.5 Å². The van der Waals surface area contributed by atoms with Crippen molar-refractivity contribution in [3.05, 3.63) is 47.2 Å². The van der Waals surface area contributed by atoms with Gasteiger partial charge in [0.2, 0.25) is 5.88 Å². The van der Waals surface area contributed by atoms with E-state index in [1.54, 1.807) is 30.3 Å². The second-order valence-electron chi connectivity index (χ2n) is 7.64. The lowest BCUT2D eigenvalue weighted by atomic mass is 10.2. The van der Waals surface area contributed by atoms with Crippen LogP contribution in [0.25, 0.3) is 0 Å². The lowest BCUT2D eigenvalue weighted by Gasteiger charge is -2.15. The third kappa shape index (κ3) is 6.60. The van der Waals surface area contributed by atoms with Crippen LogP contribution in [-0.2, 0) is 29.0 Å². The topological polar surface area (TPSA) is 62.6 Å². The molecule has 6 nitrogen and oxygen atoms in total. The van der Waals surface area contributed by atoms with Crippen molar-refractivity contribution in [2.24, 2.45) is 0 Å². The molecule has 0 aliphatic heterocycles. The Balaban J connectivity index is 2.31. The highest BCUT2D eigenvalue weighted by atomic mass is 28.3. The monoisotopic (exact) mass is 430 g/mol. The maximum absolute atomic E-state index is 13.7. The lowest BCUT2D eigenvalue weighted by molar-refractivity contribution is -0.139. The summed E-state index contributed by atoms with van der Waals surface area (Å²) in [5.74, 6) is -1.84. The maximum atomic E-state index is 13.7. The van der Waals surface area contributed by atoms with Gasteiger partial charge in [-0.3, -0.25) is 0 Å². The molecule has 0 saturated heterocycles. The van der Waals surface area contributed by atoms with E-state index in [0.717, 1.165) is 17.8 Å². The van der Waals surface area contributed by atoms with Crippen LogP contribution in [0.3, 0.4) is 0 Å². The number of methoxy groups -OCH3 is 1. The maximum Gasteiger partial charge on any atom is 0.424 e. The fraction of sp³-hybridized carbons (Fsp3) is 0.474. The SMILES string of the molecule is COC(=O)c1c(C(F)(F)F)c(OCc2ccccc2)nn1COCC[Si](C)(C)C. The average Bonchev–Trinajstić information content (AvgIpc) is 3.02. The molecule has 0 unspecified atom stereocenters. The summed E-state index contributed by atoms with van der Waals surface area (Å²) in [6.07, 6.45) is -4.86. The van der Waals surface area contributed by atoms with Crippen molar-refractivity contribution in [3.8, 4) is 5.88 Å². The number of hydrogen-bond acceptors (Lipinski definition) is 5. The summed E-state index contributed by atoms with van der Waals surface area (Å²) in [7, 11) is -0.364. The number of nitrogens with zero attached hydrogens (tertiary/aromatic N) is 2. The van der Waals surface area contributed by atoms with E-state index < -0.39 is 37.4 Å². The molecule has 0 aliphatic rings. The smallest absolute Gasteiger partial charge is 0.424 e. The number of aromatic nitrogens is 2. The molecular weight excluding hydrogens is 405 g/mol. The first-order valence-corrected chi connectivity index (χ1v) is 12.7. The Hall–Kier alpha value is -2.33. The summed E-state index contributed by atoms with van der Waals surface area (Å²) in [6, 6.07) is 9.52. The van der Waals surface area contributed by atoms with Crippen LogP contribution in [-0.4, -0.2) is 37.5 Å². The van der Waals surface area contributed by atoms with Crippen LogP contribution in [0.5, 0.6) is 5.88 Å². The summed E-state index contributed by atoms with van der Waals surface area (Å²) in [5.41, 5.74) is -1.34. The highest BCUT2D eigenvalue weighted by Crippen LogP contribution is 2.39. The quantitative estimate of drug-likeness (QED) is 0.331. The van der Waals surface area contributed by atoms with Crippen LogP contribution in [0.2, 0.25) is 25.7 Å². The molecule has 0 saturated carbocycles. The van der Waals surface area contributed by atoms with E-state index in [0.29, 0.717) is 12.2 Å². The van der Waals surface area contributed by atoms with E-state index in [-0.39, 0.29) is 13.3 Å². The molecule has 160 valence electrons. The number of ether oxygens (including phenoxy) is 3. The Labute approximate surface area is 168 Å². The van der Waals surface area contributed by atoms with Gasteiger partial charge < -0.3 is 14.2 Å². The molecule has 0 amide bonds. The van der Waals surface area contributed by atoms with Gasteiger partial charge in [0.15, 0.2) is 11.3 Å². The van der Waals surface area contributed by atoms with E-state index >= 15 is 0 Å². The molecule has 0 N–H and O–H groups in total. The average molecular weight is 430 g/mol. The molecule has 2 aromatic rings. The van der Waals surface area contributed by atoms with Crippen molar-refractivity contribution in [1.29, 1.82) is 0 Å². The van der Waals surface area contributed by atoms with Crippen LogP contribution in [0.1, 0.15) is 21.6 Å². The van der Waals surface area contributed by atoms with Crippen molar-refractivity contribution >= 4 is 14.0 Å². The van der Waals surface area contributed by atoms with Gasteiger partial charge in [-0.05, 0) is 11.6 Å². The minimum atomic E-state index is -4.86. The number of alkyl halides is 3. The number of halogens is 3. The highest BCUT2D eigenvalue weighted by Gasteiger charge is 2.44. The van der Waals surface area contributed by atoms with Gasteiger partial charge in [0, 0.05) is 14.7 Å². The molecular formula is C19H25F3N2O4Si. The summed E-state index contributed by atoms with van der Waals surface area (Å²) in [4.78, 5) is 12.1. The van der Waals surface area contributed by atoms with Gasteiger partial charge in [-0.2, -0.15) is 13.2 Å². The minimum absolute atomic E-state index is 0.127. The zero-order valence-corrected chi connectivity index (χ0v) is 17.9. The summed E-state index contributed by atoms with van der Waals surface area (Å²) < 4.78 is 57.3. The first kappa shape index (κ1) is 23.0.